The third kappa shape index (κ3) is 4.11. The summed E-state index contributed by atoms with van der Waals surface area (Å²) in [6.07, 6.45) is 0.806. The lowest BCUT2D eigenvalue weighted by Gasteiger charge is -2.46. The van der Waals surface area contributed by atoms with Crippen LogP contribution in [-0.2, 0) is 0 Å². The lowest BCUT2D eigenvalue weighted by Crippen LogP contribution is -2.59. The third-order valence-corrected chi connectivity index (χ3v) is 5.20. The molecule has 3 rings (SSSR count). The molecule has 1 saturated heterocycles. The second-order valence-electron chi connectivity index (χ2n) is 7.87. The Balaban J connectivity index is 1.91. The number of aromatic hydroxyl groups is 1. The largest absolute Gasteiger partial charge is 0.507 e. The summed E-state index contributed by atoms with van der Waals surface area (Å²) in [6.45, 7) is 7.69. The molecule has 0 saturated carbocycles. The van der Waals surface area contributed by atoms with Crippen molar-refractivity contribution in [2.75, 3.05) is 24.5 Å². The van der Waals surface area contributed by atoms with Gasteiger partial charge in [-0.2, -0.15) is 0 Å². The van der Waals surface area contributed by atoms with E-state index in [1.54, 1.807) is 24.4 Å². The van der Waals surface area contributed by atoms with Crippen LogP contribution in [0.3, 0.4) is 0 Å². The number of carbonyl (C=O) groups is 1. The van der Waals surface area contributed by atoms with Crippen molar-refractivity contribution in [1.29, 1.82) is 0 Å². The van der Waals surface area contributed by atoms with Gasteiger partial charge in [-0.15, -0.1) is 0 Å². The van der Waals surface area contributed by atoms with Gasteiger partial charge in [0.2, 0.25) is 0 Å². The zero-order valence-corrected chi connectivity index (χ0v) is 16.4. The number of phenolic OH excluding ortho intramolecular Hbond substituents is 1. The zero-order valence-electron chi connectivity index (χ0n) is 15.7. The van der Waals surface area contributed by atoms with Crippen LogP contribution in [0.4, 0.5) is 10.6 Å². The molecule has 1 unspecified atom stereocenters. The number of anilines is 1. The number of carboxylic acid groups (broad SMARTS) is 1. The number of nitrogens with zero attached hydrogens (tertiary/aromatic N) is 3. The predicted molar refractivity (Wildman–Crippen MR) is 107 cm³/mol. The van der Waals surface area contributed by atoms with E-state index in [1.165, 1.54) is 4.90 Å². The minimum atomic E-state index is -0.889. The monoisotopic (exact) mass is 389 g/mol. The highest BCUT2D eigenvalue weighted by Gasteiger charge is 2.38. The zero-order chi connectivity index (χ0) is 19.8. The summed E-state index contributed by atoms with van der Waals surface area (Å²) >= 11 is 6.07. The van der Waals surface area contributed by atoms with Crippen molar-refractivity contribution in [2.45, 2.75) is 26.8 Å². The second-order valence-corrected chi connectivity index (χ2v) is 8.30. The summed E-state index contributed by atoms with van der Waals surface area (Å²) < 4.78 is 0. The van der Waals surface area contributed by atoms with E-state index in [4.69, 9.17) is 11.6 Å². The number of hydrogen-bond donors (Lipinski definition) is 2. The molecular formula is C20H24ClN3O3. The maximum Gasteiger partial charge on any atom is 0.407 e. The Kier molecular flexibility index (Phi) is 5.20. The van der Waals surface area contributed by atoms with E-state index in [9.17, 15) is 15.0 Å². The van der Waals surface area contributed by atoms with Crippen molar-refractivity contribution >= 4 is 23.5 Å². The molecule has 27 heavy (non-hydrogen) atoms. The lowest BCUT2D eigenvalue weighted by atomic mass is 9.84. The van der Waals surface area contributed by atoms with E-state index in [1.807, 2.05) is 32.9 Å². The topological polar surface area (TPSA) is 76.9 Å². The molecule has 1 amide bonds. The highest BCUT2D eigenvalue weighted by molar-refractivity contribution is 6.31. The van der Waals surface area contributed by atoms with Gasteiger partial charge in [0.05, 0.1) is 6.04 Å². The molecule has 2 aromatic rings. The summed E-state index contributed by atoms with van der Waals surface area (Å²) in [5.74, 6) is 0.908. The normalized spacial score (nSPS) is 17.9. The van der Waals surface area contributed by atoms with Gasteiger partial charge in [0.1, 0.15) is 11.6 Å². The lowest BCUT2D eigenvalue weighted by molar-refractivity contribution is 0.0747. The van der Waals surface area contributed by atoms with Crippen molar-refractivity contribution < 1.29 is 15.0 Å². The average Bonchev–Trinajstić information content (AvgIpc) is 2.62. The van der Waals surface area contributed by atoms with Gasteiger partial charge in [0.15, 0.2) is 0 Å². The van der Waals surface area contributed by atoms with Crippen LogP contribution in [0.2, 0.25) is 5.02 Å². The number of piperazine rings is 1. The van der Waals surface area contributed by atoms with Crippen LogP contribution in [0.1, 0.15) is 20.8 Å². The molecule has 1 aliphatic rings. The summed E-state index contributed by atoms with van der Waals surface area (Å²) in [5.41, 5.74) is 1.26. The molecular weight excluding hydrogens is 366 g/mol. The molecule has 7 heteroatoms. The fraction of sp³-hybridized carbons (Fsp3) is 0.400. The number of halogens is 1. The Morgan fingerprint density at radius 3 is 2.63 bits per heavy atom. The van der Waals surface area contributed by atoms with Crippen LogP contribution in [0.25, 0.3) is 11.1 Å². The first-order chi connectivity index (χ1) is 12.7. The third-order valence-electron chi connectivity index (χ3n) is 4.96. The Labute approximate surface area is 164 Å². The summed E-state index contributed by atoms with van der Waals surface area (Å²) in [7, 11) is 0. The second kappa shape index (κ2) is 7.27. The maximum absolute atomic E-state index is 11.6. The highest BCUT2D eigenvalue weighted by Crippen LogP contribution is 2.34. The molecule has 0 spiro atoms. The van der Waals surface area contributed by atoms with Crippen molar-refractivity contribution in [3.8, 4) is 16.9 Å². The van der Waals surface area contributed by atoms with E-state index >= 15 is 0 Å². The molecule has 2 N–H and O–H groups in total. The van der Waals surface area contributed by atoms with Crippen LogP contribution < -0.4 is 4.90 Å². The van der Waals surface area contributed by atoms with Crippen LogP contribution in [0.5, 0.6) is 5.75 Å². The van der Waals surface area contributed by atoms with Crippen molar-refractivity contribution in [1.82, 2.24) is 9.88 Å². The van der Waals surface area contributed by atoms with Crippen LogP contribution >= 0.6 is 11.6 Å². The van der Waals surface area contributed by atoms with Gasteiger partial charge in [-0.25, -0.2) is 9.78 Å². The van der Waals surface area contributed by atoms with E-state index in [-0.39, 0.29) is 17.2 Å². The smallest absolute Gasteiger partial charge is 0.407 e. The molecule has 1 aromatic heterocycles. The van der Waals surface area contributed by atoms with E-state index in [0.717, 1.165) is 11.4 Å². The summed E-state index contributed by atoms with van der Waals surface area (Å²) in [5, 5.41) is 20.2. The molecule has 1 atom stereocenters. The van der Waals surface area contributed by atoms with Crippen molar-refractivity contribution in [2.24, 2.45) is 5.41 Å². The first kappa shape index (κ1) is 19.3. The minimum Gasteiger partial charge on any atom is -0.507 e. The van der Waals surface area contributed by atoms with Crippen molar-refractivity contribution in [3.05, 3.63) is 41.6 Å². The quantitative estimate of drug-likeness (QED) is 0.799. The van der Waals surface area contributed by atoms with Gasteiger partial charge in [-0.1, -0.05) is 32.4 Å². The van der Waals surface area contributed by atoms with Gasteiger partial charge in [0, 0.05) is 36.4 Å². The molecule has 2 heterocycles. The predicted octanol–water partition coefficient (Wildman–Crippen LogP) is 4.32. The van der Waals surface area contributed by atoms with E-state index in [0.29, 0.717) is 30.2 Å². The Morgan fingerprint density at radius 1 is 1.22 bits per heavy atom. The number of hydrogen-bond acceptors (Lipinski definition) is 4. The van der Waals surface area contributed by atoms with Gasteiger partial charge in [-0.05, 0) is 41.3 Å². The number of pyridine rings is 1. The summed E-state index contributed by atoms with van der Waals surface area (Å²) in [6, 6.07) is 8.51. The van der Waals surface area contributed by atoms with Gasteiger partial charge in [-0.3, -0.25) is 0 Å². The Morgan fingerprint density at radius 2 is 1.96 bits per heavy atom. The van der Waals surface area contributed by atoms with E-state index < -0.39 is 6.09 Å². The van der Waals surface area contributed by atoms with Crippen LogP contribution in [0.15, 0.2) is 36.5 Å². The average molecular weight is 390 g/mol. The molecule has 6 nitrogen and oxygen atoms in total. The Hall–Kier alpha value is -2.47. The van der Waals surface area contributed by atoms with Crippen LogP contribution in [-0.4, -0.2) is 51.9 Å². The number of benzene rings is 1. The van der Waals surface area contributed by atoms with Crippen LogP contribution in [0, 0.1) is 5.41 Å². The minimum absolute atomic E-state index is 0.145. The molecule has 0 radical (unpaired) electrons. The maximum atomic E-state index is 11.6. The molecule has 144 valence electrons. The van der Waals surface area contributed by atoms with Gasteiger partial charge < -0.3 is 20.0 Å². The molecule has 1 aliphatic heterocycles. The molecule has 1 aromatic carbocycles. The van der Waals surface area contributed by atoms with E-state index in [2.05, 4.69) is 9.88 Å². The molecule has 0 bridgehead atoms. The number of amides is 1. The highest BCUT2D eigenvalue weighted by atomic mass is 35.5. The number of rotatable bonds is 2. The Bertz CT molecular complexity index is 851. The van der Waals surface area contributed by atoms with Crippen molar-refractivity contribution in [3.63, 3.8) is 0 Å². The first-order valence-electron chi connectivity index (χ1n) is 8.86. The SMILES string of the molecule is CC(C)(C)C1CN(c2cc(-c3cc(Cl)ccc3O)ccn2)CCN1C(=O)O. The van der Waals surface area contributed by atoms with Gasteiger partial charge >= 0.3 is 6.09 Å². The number of aromatic nitrogens is 1. The molecule has 1 fully saturated rings. The summed E-state index contributed by atoms with van der Waals surface area (Å²) in [4.78, 5) is 19.7. The first-order valence-corrected chi connectivity index (χ1v) is 9.24. The number of phenols is 1. The fourth-order valence-electron chi connectivity index (χ4n) is 3.46. The standard InChI is InChI=1S/C20H24ClN3O3/c1-20(2,3)17-12-23(8-9-24(17)19(26)27)18-10-13(6-7-22-18)15-11-14(21)4-5-16(15)25/h4-7,10-11,17,25H,8-9,12H2,1-3H3,(H,26,27). The van der Waals surface area contributed by atoms with Gasteiger partial charge in [0.25, 0.3) is 0 Å². The fourth-order valence-corrected chi connectivity index (χ4v) is 3.63. The molecule has 0 aliphatic carbocycles.